The number of thiol groups is 2. The molecule has 0 aromatic heterocycles. The summed E-state index contributed by atoms with van der Waals surface area (Å²) in [6.07, 6.45) is 4.70. The average Bonchev–Trinajstić information content (AvgIpc) is 2.70. The summed E-state index contributed by atoms with van der Waals surface area (Å²) in [5.41, 5.74) is 0. The molecule has 0 aromatic rings. The highest BCUT2D eigenvalue weighted by Gasteiger charge is 2.19. The minimum absolute atomic E-state index is 0. The van der Waals surface area contributed by atoms with Crippen LogP contribution in [0.1, 0.15) is 0 Å². The number of nitrogens with zero attached hydrogens (tertiary/aromatic N) is 2. The fraction of sp³-hybridized carbons (Fsp3) is 0. The summed E-state index contributed by atoms with van der Waals surface area (Å²) in [5.74, 6) is -1.51. The van der Waals surface area contributed by atoms with Gasteiger partial charge in [-0.15, -0.1) is 0 Å². The van der Waals surface area contributed by atoms with E-state index in [2.05, 4.69) is 25.6 Å². The molecule has 4 amide bonds. The third-order valence-corrected chi connectivity index (χ3v) is 2.36. The Kier molecular flexibility index (Phi) is 5.65. The summed E-state index contributed by atoms with van der Waals surface area (Å²) in [4.78, 5) is 41.3. The molecule has 7 nitrogen and oxygen atoms in total. The van der Waals surface area contributed by atoms with Gasteiger partial charge in [-0.1, -0.05) is 25.6 Å². The highest BCUT2D eigenvalue weighted by molar-refractivity contribution is 7.79. The van der Waals surface area contributed by atoms with Gasteiger partial charge in [0.25, 0.3) is 23.6 Å². The zero-order chi connectivity index (χ0) is 12.3. The maximum Gasteiger partial charge on any atom is 0.263 e. The zero-order valence-corrected chi connectivity index (χ0v) is 10.0. The highest BCUT2D eigenvalue weighted by Crippen LogP contribution is 2.04. The van der Waals surface area contributed by atoms with Crippen molar-refractivity contribution in [2.45, 2.75) is 0 Å². The minimum atomic E-state index is -0.377. The van der Waals surface area contributed by atoms with Crippen molar-refractivity contribution in [3.8, 4) is 0 Å². The fourth-order valence-electron chi connectivity index (χ4n) is 0.785. The molecule has 2 N–H and O–H groups in total. The van der Waals surface area contributed by atoms with Crippen molar-refractivity contribution >= 4 is 49.3 Å². The van der Waals surface area contributed by atoms with E-state index in [1.54, 1.807) is 0 Å². The number of carbonyl (C=O) groups excluding carboxylic acids is 4. The second-order valence-corrected chi connectivity index (χ2v) is 3.44. The van der Waals surface area contributed by atoms with E-state index in [0.717, 1.165) is 8.61 Å². The van der Waals surface area contributed by atoms with Crippen LogP contribution in [0, 0.1) is 0 Å². The van der Waals surface area contributed by atoms with Crippen LogP contribution in [-0.2, 0) is 19.2 Å². The number of hydrogen-bond acceptors (Lipinski definition) is 6. The molecular formula is C8H8N2O5S2. The van der Waals surface area contributed by atoms with Gasteiger partial charge < -0.3 is 5.48 Å². The molecule has 2 heterocycles. The van der Waals surface area contributed by atoms with Crippen molar-refractivity contribution in [1.82, 2.24) is 8.61 Å². The minimum Gasteiger partial charge on any atom is -0.412 e. The van der Waals surface area contributed by atoms with Crippen molar-refractivity contribution in [3.63, 3.8) is 0 Å². The fourth-order valence-corrected chi connectivity index (χ4v) is 1.05. The molecule has 0 fully saturated rings. The second kappa shape index (κ2) is 6.23. The van der Waals surface area contributed by atoms with Crippen LogP contribution >= 0.6 is 25.6 Å². The maximum atomic E-state index is 10.3. The van der Waals surface area contributed by atoms with Gasteiger partial charge in [-0.2, -0.15) is 0 Å². The number of hydrogen-bond donors (Lipinski definition) is 2. The van der Waals surface area contributed by atoms with Gasteiger partial charge in [0.2, 0.25) is 0 Å². The predicted molar refractivity (Wildman–Crippen MR) is 63.6 cm³/mol. The average molecular weight is 276 g/mol. The van der Waals surface area contributed by atoms with E-state index < -0.39 is 0 Å². The summed E-state index contributed by atoms with van der Waals surface area (Å²) < 4.78 is 1.50. The Morgan fingerprint density at radius 2 is 0.824 bits per heavy atom. The van der Waals surface area contributed by atoms with E-state index in [-0.39, 0.29) is 29.1 Å². The number of carbonyl (C=O) groups is 4. The molecule has 0 saturated carbocycles. The van der Waals surface area contributed by atoms with Crippen LogP contribution in [-0.4, -0.2) is 37.7 Å². The third-order valence-electron chi connectivity index (χ3n) is 1.57. The second-order valence-electron chi connectivity index (χ2n) is 2.64. The molecule has 0 saturated heterocycles. The summed E-state index contributed by atoms with van der Waals surface area (Å²) in [6.45, 7) is 0. The SMILES string of the molecule is O.O=C1C=CC(=O)N1S.O=C1C=CC(=O)N1S. The summed E-state index contributed by atoms with van der Waals surface area (Å²) >= 11 is 7.11. The van der Waals surface area contributed by atoms with Gasteiger partial charge >= 0.3 is 0 Å². The first kappa shape index (κ1) is 15.4. The molecule has 0 spiro atoms. The van der Waals surface area contributed by atoms with Crippen LogP contribution in [0.3, 0.4) is 0 Å². The normalized spacial score (nSPS) is 17.3. The molecule has 92 valence electrons. The lowest BCUT2D eigenvalue weighted by atomic mass is 10.6. The molecule has 2 aliphatic heterocycles. The molecule has 0 aliphatic carbocycles. The summed E-state index contributed by atoms with van der Waals surface area (Å²) in [6, 6.07) is 0. The summed E-state index contributed by atoms with van der Waals surface area (Å²) in [5, 5.41) is 0. The van der Waals surface area contributed by atoms with Crippen LogP contribution in [0.15, 0.2) is 24.3 Å². The number of imide groups is 2. The first-order valence-electron chi connectivity index (χ1n) is 3.93. The molecule has 0 atom stereocenters. The lowest BCUT2D eigenvalue weighted by Gasteiger charge is -1.99. The van der Waals surface area contributed by atoms with E-state index in [1.165, 1.54) is 24.3 Å². The highest BCUT2D eigenvalue weighted by atomic mass is 32.1. The first-order chi connectivity index (χ1) is 7.43. The van der Waals surface area contributed by atoms with Crippen molar-refractivity contribution in [2.24, 2.45) is 0 Å². The topological polar surface area (TPSA) is 106 Å². The Morgan fingerprint density at radius 1 is 0.647 bits per heavy atom. The maximum absolute atomic E-state index is 10.3. The first-order valence-corrected chi connectivity index (χ1v) is 4.73. The molecule has 17 heavy (non-hydrogen) atoms. The van der Waals surface area contributed by atoms with Crippen LogP contribution in [0.25, 0.3) is 0 Å². The van der Waals surface area contributed by atoms with Crippen molar-refractivity contribution < 1.29 is 24.7 Å². The van der Waals surface area contributed by atoms with E-state index in [0.29, 0.717) is 0 Å². The molecule has 0 bridgehead atoms. The van der Waals surface area contributed by atoms with Gasteiger partial charge in [-0.3, -0.25) is 19.2 Å². The lowest BCUT2D eigenvalue weighted by Crippen LogP contribution is -2.18. The van der Waals surface area contributed by atoms with E-state index >= 15 is 0 Å². The van der Waals surface area contributed by atoms with Crippen LogP contribution in [0.5, 0.6) is 0 Å². The summed E-state index contributed by atoms with van der Waals surface area (Å²) in [7, 11) is 0. The lowest BCUT2D eigenvalue weighted by molar-refractivity contribution is -0.131. The van der Waals surface area contributed by atoms with E-state index in [1.807, 2.05) is 0 Å². The van der Waals surface area contributed by atoms with Gasteiger partial charge in [0.1, 0.15) is 0 Å². The molecule has 0 unspecified atom stereocenters. The van der Waals surface area contributed by atoms with Gasteiger partial charge in [0.05, 0.1) is 0 Å². The van der Waals surface area contributed by atoms with Crippen molar-refractivity contribution in [1.29, 1.82) is 0 Å². The number of rotatable bonds is 0. The molecule has 2 rings (SSSR count). The predicted octanol–water partition coefficient (Wildman–Crippen LogP) is -1.31. The molecule has 2 aliphatic rings. The monoisotopic (exact) mass is 276 g/mol. The Labute approximate surface area is 107 Å². The van der Waals surface area contributed by atoms with Crippen LogP contribution in [0.4, 0.5) is 0 Å². The molecular weight excluding hydrogens is 268 g/mol. The van der Waals surface area contributed by atoms with Gasteiger partial charge in [-0.05, 0) is 0 Å². The molecule has 0 radical (unpaired) electrons. The van der Waals surface area contributed by atoms with Gasteiger partial charge in [0.15, 0.2) is 0 Å². The quantitative estimate of drug-likeness (QED) is 0.423. The zero-order valence-electron chi connectivity index (χ0n) is 8.23. The Bertz CT molecular complexity index is 356. The Morgan fingerprint density at radius 3 is 0.882 bits per heavy atom. The van der Waals surface area contributed by atoms with E-state index in [9.17, 15) is 19.2 Å². The Hall–Kier alpha value is -1.58. The van der Waals surface area contributed by atoms with Crippen LogP contribution < -0.4 is 0 Å². The molecule has 9 heteroatoms. The number of amides is 4. The van der Waals surface area contributed by atoms with E-state index in [4.69, 9.17) is 0 Å². The Balaban J connectivity index is 0.000000284. The van der Waals surface area contributed by atoms with Crippen LogP contribution in [0.2, 0.25) is 0 Å². The van der Waals surface area contributed by atoms with Crippen molar-refractivity contribution in [2.75, 3.05) is 0 Å². The standard InChI is InChI=1S/2C4H3NO2S.H2O/c2*6-3-1-2-4(7)5(3)8;/h2*1-2,8H;1H2. The smallest absolute Gasteiger partial charge is 0.263 e. The third kappa shape index (κ3) is 3.73. The van der Waals surface area contributed by atoms with Gasteiger partial charge in [0, 0.05) is 24.3 Å². The largest absolute Gasteiger partial charge is 0.412 e. The van der Waals surface area contributed by atoms with Gasteiger partial charge in [-0.25, -0.2) is 8.61 Å². The molecule has 0 aromatic carbocycles. The van der Waals surface area contributed by atoms with Crippen molar-refractivity contribution in [3.05, 3.63) is 24.3 Å².